The monoisotopic (exact) mass is 340 g/mol. The van der Waals surface area contributed by atoms with Crippen LogP contribution >= 0.6 is 0 Å². The van der Waals surface area contributed by atoms with Crippen molar-refractivity contribution in [1.29, 1.82) is 0 Å². The van der Waals surface area contributed by atoms with Gasteiger partial charge in [-0.1, -0.05) is 24.3 Å². The van der Waals surface area contributed by atoms with Crippen LogP contribution in [0.2, 0.25) is 0 Å². The second-order valence-electron chi connectivity index (χ2n) is 6.40. The number of rotatable bonds is 5. The van der Waals surface area contributed by atoms with Crippen LogP contribution in [0, 0.1) is 0 Å². The van der Waals surface area contributed by atoms with Crippen LogP contribution in [0.1, 0.15) is 21.5 Å². The van der Waals surface area contributed by atoms with E-state index in [1.807, 2.05) is 0 Å². The lowest BCUT2D eigenvalue weighted by molar-refractivity contribution is 0.0951. The summed E-state index contributed by atoms with van der Waals surface area (Å²) < 4.78 is 0. The van der Waals surface area contributed by atoms with Crippen molar-refractivity contribution in [1.82, 2.24) is 25.1 Å². The third-order valence-corrected chi connectivity index (χ3v) is 4.47. The Kier molecular flexibility index (Phi) is 5.57. The fourth-order valence-corrected chi connectivity index (χ4v) is 2.82. The summed E-state index contributed by atoms with van der Waals surface area (Å²) in [6, 6.07) is 8.35. The minimum atomic E-state index is -0.264. The van der Waals surface area contributed by atoms with E-state index in [0.29, 0.717) is 12.1 Å². The number of carbonyl (C=O) groups excluding carboxylic acids is 1. The number of amides is 1. The molecule has 1 aromatic carbocycles. The van der Waals surface area contributed by atoms with E-state index in [1.54, 1.807) is 0 Å². The fraction of sp³-hybridized carbons (Fsp3) is 0.389. The number of likely N-dealkylation sites (N-methyl/N-ethyl adjacent to an activating group) is 1. The predicted octanol–water partition coefficient (Wildman–Crippen LogP) is 0.736. The smallest absolute Gasteiger partial charge is 0.256 e. The molecular weight excluding hydrogens is 316 g/mol. The predicted molar refractivity (Wildman–Crippen MR) is 96.8 cm³/mol. The second kappa shape index (κ2) is 8.04. The van der Waals surface area contributed by atoms with Gasteiger partial charge in [0, 0.05) is 45.5 Å². The van der Waals surface area contributed by atoms with Gasteiger partial charge in [-0.15, -0.1) is 0 Å². The molecule has 132 valence electrons. The standard InChI is InChI=1S/C18H24N6O/c1-23-6-8-24(9-7-23)12-15-4-2-14(3-5-15)10-21-18(25)16-11-20-13-22-17(16)19/h2-5,11,13H,6-10,12H2,1H3,(H,21,25)(H2,19,20,22). The number of hydrogen-bond acceptors (Lipinski definition) is 6. The van der Waals surface area contributed by atoms with Crippen LogP contribution in [-0.2, 0) is 13.1 Å². The highest BCUT2D eigenvalue weighted by Crippen LogP contribution is 2.10. The van der Waals surface area contributed by atoms with Crippen molar-refractivity contribution in [2.75, 3.05) is 39.0 Å². The van der Waals surface area contributed by atoms with E-state index in [-0.39, 0.29) is 11.7 Å². The Bertz CT molecular complexity index is 710. The Morgan fingerprint density at radius 2 is 1.84 bits per heavy atom. The molecule has 0 saturated carbocycles. The second-order valence-corrected chi connectivity index (χ2v) is 6.40. The van der Waals surface area contributed by atoms with Gasteiger partial charge in [-0.05, 0) is 18.2 Å². The number of piperazine rings is 1. The van der Waals surface area contributed by atoms with Gasteiger partial charge in [0.2, 0.25) is 0 Å². The summed E-state index contributed by atoms with van der Waals surface area (Å²) in [6.07, 6.45) is 2.75. The van der Waals surface area contributed by atoms with Crippen molar-refractivity contribution in [3.05, 3.63) is 53.5 Å². The maximum absolute atomic E-state index is 12.1. The molecule has 1 aromatic heterocycles. The Morgan fingerprint density at radius 3 is 2.52 bits per heavy atom. The fourth-order valence-electron chi connectivity index (χ4n) is 2.82. The zero-order chi connectivity index (χ0) is 17.6. The SMILES string of the molecule is CN1CCN(Cc2ccc(CNC(=O)c3cncnc3N)cc2)CC1. The van der Waals surface area contributed by atoms with Crippen LogP contribution in [0.25, 0.3) is 0 Å². The number of nitrogen functional groups attached to an aromatic ring is 1. The molecule has 1 amide bonds. The number of nitrogens with two attached hydrogens (primary N) is 1. The van der Waals surface area contributed by atoms with Crippen LogP contribution in [0.4, 0.5) is 5.82 Å². The molecule has 0 spiro atoms. The summed E-state index contributed by atoms with van der Waals surface area (Å²) in [5, 5.41) is 2.85. The summed E-state index contributed by atoms with van der Waals surface area (Å²) in [7, 11) is 2.16. The quantitative estimate of drug-likeness (QED) is 0.835. The number of nitrogens with zero attached hydrogens (tertiary/aromatic N) is 4. The van der Waals surface area contributed by atoms with Crippen molar-refractivity contribution in [2.24, 2.45) is 0 Å². The van der Waals surface area contributed by atoms with Gasteiger partial charge in [0.05, 0.1) is 5.56 Å². The lowest BCUT2D eigenvalue weighted by Crippen LogP contribution is -2.43. The number of nitrogens with one attached hydrogen (secondary N) is 1. The van der Waals surface area contributed by atoms with Gasteiger partial charge < -0.3 is 16.0 Å². The molecule has 0 atom stereocenters. The van der Waals surface area contributed by atoms with E-state index >= 15 is 0 Å². The first kappa shape index (κ1) is 17.3. The number of benzene rings is 1. The Morgan fingerprint density at radius 1 is 1.16 bits per heavy atom. The lowest BCUT2D eigenvalue weighted by atomic mass is 10.1. The number of anilines is 1. The molecule has 0 aliphatic carbocycles. The summed E-state index contributed by atoms with van der Waals surface area (Å²) in [5.41, 5.74) is 8.33. The normalized spacial score (nSPS) is 15.9. The molecule has 0 radical (unpaired) electrons. The summed E-state index contributed by atoms with van der Waals surface area (Å²) >= 11 is 0. The Labute approximate surface area is 147 Å². The third kappa shape index (κ3) is 4.74. The zero-order valence-corrected chi connectivity index (χ0v) is 14.5. The lowest BCUT2D eigenvalue weighted by Gasteiger charge is -2.32. The van der Waals surface area contributed by atoms with Crippen molar-refractivity contribution in [3.8, 4) is 0 Å². The molecule has 7 heteroatoms. The molecule has 1 saturated heterocycles. The summed E-state index contributed by atoms with van der Waals surface area (Å²) in [4.78, 5) is 24.6. The van der Waals surface area contributed by atoms with E-state index in [4.69, 9.17) is 5.73 Å². The van der Waals surface area contributed by atoms with Crippen molar-refractivity contribution >= 4 is 11.7 Å². The van der Waals surface area contributed by atoms with Crippen molar-refractivity contribution in [2.45, 2.75) is 13.1 Å². The third-order valence-electron chi connectivity index (χ3n) is 4.47. The molecule has 1 aliphatic heterocycles. The largest absolute Gasteiger partial charge is 0.383 e. The van der Waals surface area contributed by atoms with E-state index in [1.165, 1.54) is 18.1 Å². The van der Waals surface area contributed by atoms with Gasteiger partial charge in [-0.2, -0.15) is 0 Å². The first-order chi connectivity index (χ1) is 12.1. The van der Waals surface area contributed by atoms with Crippen LogP contribution in [0.5, 0.6) is 0 Å². The number of hydrogen-bond donors (Lipinski definition) is 2. The molecule has 25 heavy (non-hydrogen) atoms. The van der Waals surface area contributed by atoms with Gasteiger partial charge >= 0.3 is 0 Å². The molecule has 2 heterocycles. The number of aromatic nitrogens is 2. The maximum Gasteiger partial charge on any atom is 0.256 e. The van der Waals surface area contributed by atoms with E-state index in [2.05, 4.69) is 56.4 Å². The van der Waals surface area contributed by atoms with Gasteiger partial charge in [0.25, 0.3) is 5.91 Å². The highest BCUT2D eigenvalue weighted by atomic mass is 16.1. The van der Waals surface area contributed by atoms with E-state index in [9.17, 15) is 4.79 Å². The highest BCUT2D eigenvalue weighted by molar-refractivity contribution is 5.97. The van der Waals surface area contributed by atoms with Crippen LogP contribution in [0.15, 0.2) is 36.8 Å². The van der Waals surface area contributed by atoms with E-state index in [0.717, 1.165) is 38.3 Å². The van der Waals surface area contributed by atoms with Gasteiger partial charge in [-0.3, -0.25) is 9.69 Å². The van der Waals surface area contributed by atoms with Gasteiger partial charge in [-0.25, -0.2) is 9.97 Å². The average molecular weight is 340 g/mol. The minimum Gasteiger partial charge on any atom is -0.383 e. The topological polar surface area (TPSA) is 87.4 Å². The first-order valence-corrected chi connectivity index (χ1v) is 8.44. The molecule has 0 bridgehead atoms. The molecule has 7 nitrogen and oxygen atoms in total. The molecule has 0 unspecified atom stereocenters. The Hall–Kier alpha value is -2.51. The Balaban J connectivity index is 1.51. The number of carbonyl (C=O) groups is 1. The molecule has 2 aromatic rings. The van der Waals surface area contributed by atoms with Gasteiger partial charge in [0.15, 0.2) is 0 Å². The molecule has 3 rings (SSSR count). The van der Waals surface area contributed by atoms with Gasteiger partial charge in [0.1, 0.15) is 12.1 Å². The summed E-state index contributed by atoms with van der Waals surface area (Å²) in [5.74, 6) is -0.0744. The summed E-state index contributed by atoms with van der Waals surface area (Å²) in [6.45, 7) is 5.87. The highest BCUT2D eigenvalue weighted by Gasteiger charge is 2.14. The molecule has 1 aliphatic rings. The van der Waals surface area contributed by atoms with Crippen molar-refractivity contribution < 1.29 is 4.79 Å². The minimum absolute atomic E-state index is 0.190. The maximum atomic E-state index is 12.1. The molecule has 3 N–H and O–H groups in total. The van der Waals surface area contributed by atoms with Crippen LogP contribution in [0.3, 0.4) is 0 Å². The van der Waals surface area contributed by atoms with Crippen molar-refractivity contribution in [3.63, 3.8) is 0 Å². The molecule has 1 fully saturated rings. The average Bonchev–Trinajstić information content (AvgIpc) is 2.63. The first-order valence-electron chi connectivity index (χ1n) is 8.44. The van der Waals surface area contributed by atoms with Crippen LogP contribution < -0.4 is 11.1 Å². The van der Waals surface area contributed by atoms with Crippen LogP contribution in [-0.4, -0.2) is 58.9 Å². The molecular formula is C18H24N6O. The van der Waals surface area contributed by atoms with E-state index < -0.39 is 0 Å². The zero-order valence-electron chi connectivity index (χ0n) is 14.5.